The van der Waals surface area contributed by atoms with Crippen LogP contribution in [0.15, 0.2) is 24.5 Å². The van der Waals surface area contributed by atoms with E-state index in [4.69, 9.17) is 9.84 Å². The molecule has 0 unspecified atom stereocenters. The maximum atomic E-state index is 10.6. The van der Waals surface area contributed by atoms with Gasteiger partial charge in [0.1, 0.15) is 6.61 Å². The lowest BCUT2D eigenvalue weighted by Gasteiger charge is -2.11. The number of benzene rings is 1. The second-order valence-electron chi connectivity index (χ2n) is 2.83. The van der Waals surface area contributed by atoms with Crippen molar-refractivity contribution in [3.05, 3.63) is 41.2 Å². The molecule has 0 spiro atoms. The van der Waals surface area contributed by atoms with Gasteiger partial charge in [-0.1, -0.05) is 6.07 Å². The number of carboxylic acids is 1. The van der Waals surface area contributed by atoms with E-state index in [2.05, 4.69) is 0 Å². The van der Waals surface area contributed by atoms with E-state index in [0.29, 0.717) is 12.2 Å². The number of hydrogen-bond acceptors (Lipinski definition) is 2. The van der Waals surface area contributed by atoms with E-state index in [1.807, 2.05) is 6.08 Å². The minimum absolute atomic E-state index is 0.303. The molecule has 1 N–H and O–H groups in total. The van der Waals surface area contributed by atoms with Crippen LogP contribution in [0.5, 0.6) is 0 Å². The number of hydrogen-bond donors (Lipinski definition) is 1. The predicted octanol–water partition coefficient (Wildman–Crippen LogP) is 1.89. The third kappa shape index (κ3) is 1.40. The van der Waals surface area contributed by atoms with Crippen LogP contribution < -0.4 is 0 Å². The first-order valence-corrected chi connectivity index (χ1v) is 3.92. The number of aromatic carboxylic acids is 1. The molecule has 66 valence electrons. The Bertz CT molecular complexity index is 380. The average molecular weight is 176 g/mol. The molecule has 0 saturated heterocycles. The molecule has 0 aromatic heterocycles. The van der Waals surface area contributed by atoms with Crippen molar-refractivity contribution in [1.82, 2.24) is 0 Å². The van der Waals surface area contributed by atoms with E-state index in [0.717, 1.165) is 11.1 Å². The quantitative estimate of drug-likeness (QED) is 0.710. The van der Waals surface area contributed by atoms with Gasteiger partial charge >= 0.3 is 5.97 Å². The van der Waals surface area contributed by atoms with Crippen molar-refractivity contribution in [2.75, 3.05) is 0 Å². The molecule has 1 aliphatic rings. The normalized spacial score (nSPS) is 13.2. The highest BCUT2D eigenvalue weighted by Gasteiger charge is 2.08. The minimum Gasteiger partial charge on any atom is -0.496 e. The molecule has 0 amide bonds. The lowest BCUT2D eigenvalue weighted by atomic mass is 10.0. The summed E-state index contributed by atoms with van der Waals surface area (Å²) in [7, 11) is 0. The Balaban J connectivity index is 2.48. The zero-order valence-corrected chi connectivity index (χ0v) is 6.86. The highest BCUT2D eigenvalue weighted by Crippen LogP contribution is 2.18. The summed E-state index contributed by atoms with van der Waals surface area (Å²) in [5.74, 6) is -0.905. The molecule has 0 atom stereocenters. The summed E-state index contributed by atoms with van der Waals surface area (Å²) in [6, 6.07) is 5.02. The smallest absolute Gasteiger partial charge is 0.335 e. The van der Waals surface area contributed by atoms with Gasteiger partial charge in [-0.15, -0.1) is 0 Å². The van der Waals surface area contributed by atoms with E-state index in [-0.39, 0.29) is 0 Å². The summed E-state index contributed by atoms with van der Waals surface area (Å²) in [5, 5.41) is 8.73. The maximum absolute atomic E-state index is 10.6. The molecule has 0 fully saturated rings. The Labute approximate surface area is 75.3 Å². The van der Waals surface area contributed by atoms with Gasteiger partial charge in [0.2, 0.25) is 0 Å². The summed E-state index contributed by atoms with van der Waals surface area (Å²) >= 11 is 0. The van der Waals surface area contributed by atoms with Gasteiger partial charge in [-0.25, -0.2) is 4.79 Å². The van der Waals surface area contributed by atoms with Crippen LogP contribution in [0.2, 0.25) is 0 Å². The van der Waals surface area contributed by atoms with E-state index < -0.39 is 5.97 Å². The molecule has 0 aliphatic carbocycles. The van der Waals surface area contributed by atoms with Gasteiger partial charge < -0.3 is 9.84 Å². The van der Waals surface area contributed by atoms with Gasteiger partial charge in [0.25, 0.3) is 0 Å². The van der Waals surface area contributed by atoms with Gasteiger partial charge in [0.05, 0.1) is 11.8 Å². The van der Waals surface area contributed by atoms with Gasteiger partial charge in [-0.3, -0.25) is 0 Å². The first-order chi connectivity index (χ1) is 6.27. The standard InChI is InChI=1S/C10H8O3/c11-10(12)8-2-1-7-3-4-13-6-9(7)5-8/h1-5H,6H2,(H,11,12). The van der Waals surface area contributed by atoms with Crippen LogP contribution in [0, 0.1) is 0 Å². The largest absolute Gasteiger partial charge is 0.496 e. The van der Waals surface area contributed by atoms with Crippen molar-refractivity contribution in [2.45, 2.75) is 6.61 Å². The summed E-state index contributed by atoms with van der Waals surface area (Å²) in [6.07, 6.45) is 3.44. The van der Waals surface area contributed by atoms with Crippen LogP contribution in [0.25, 0.3) is 6.08 Å². The van der Waals surface area contributed by atoms with Crippen LogP contribution in [-0.2, 0) is 11.3 Å². The number of carboxylic acid groups (broad SMARTS) is 1. The molecule has 1 heterocycles. The highest BCUT2D eigenvalue weighted by atomic mass is 16.5. The topological polar surface area (TPSA) is 46.5 Å². The van der Waals surface area contributed by atoms with Crippen molar-refractivity contribution >= 4 is 12.0 Å². The molecule has 0 radical (unpaired) electrons. The third-order valence-corrected chi connectivity index (χ3v) is 1.97. The predicted molar refractivity (Wildman–Crippen MR) is 47.2 cm³/mol. The molecule has 1 aromatic rings. The minimum atomic E-state index is -0.905. The maximum Gasteiger partial charge on any atom is 0.335 e. The molecular formula is C10H8O3. The Morgan fingerprint density at radius 2 is 2.31 bits per heavy atom. The van der Waals surface area contributed by atoms with Crippen LogP contribution in [0.3, 0.4) is 0 Å². The number of ether oxygens (including phenoxy) is 1. The fourth-order valence-electron chi connectivity index (χ4n) is 1.29. The lowest BCUT2D eigenvalue weighted by molar-refractivity contribution is 0.0696. The summed E-state index contributed by atoms with van der Waals surface area (Å²) in [6.45, 7) is 0.451. The molecule has 1 aliphatic heterocycles. The van der Waals surface area contributed by atoms with Gasteiger partial charge in [-0.05, 0) is 29.3 Å². The zero-order valence-electron chi connectivity index (χ0n) is 6.86. The lowest BCUT2D eigenvalue weighted by Crippen LogP contribution is -2.01. The van der Waals surface area contributed by atoms with Crippen molar-refractivity contribution in [3.8, 4) is 0 Å². The number of fused-ring (bicyclic) bond motifs is 1. The summed E-state index contributed by atoms with van der Waals surface area (Å²) in [5.41, 5.74) is 2.25. The van der Waals surface area contributed by atoms with Crippen molar-refractivity contribution < 1.29 is 14.6 Å². The molecule has 13 heavy (non-hydrogen) atoms. The Morgan fingerprint density at radius 3 is 3.08 bits per heavy atom. The second kappa shape index (κ2) is 2.94. The number of carbonyl (C=O) groups is 1. The van der Waals surface area contributed by atoms with Crippen LogP contribution >= 0.6 is 0 Å². The van der Waals surface area contributed by atoms with Crippen molar-refractivity contribution in [1.29, 1.82) is 0 Å². The van der Waals surface area contributed by atoms with Crippen molar-refractivity contribution in [3.63, 3.8) is 0 Å². The Morgan fingerprint density at radius 1 is 1.46 bits per heavy atom. The van der Waals surface area contributed by atoms with Crippen LogP contribution in [0.4, 0.5) is 0 Å². The Hall–Kier alpha value is -1.77. The highest BCUT2D eigenvalue weighted by molar-refractivity contribution is 5.88. The molecule has 3 heteroatoms. The van der Waals surface area contributed by atoms with Gasteiger partial charge in [-0.2, -0.15) is 0 Å². The molecule has 3 nitrogen and oxygen atoms in total. The monoisotopic (exact) mass is 176 g/mol. The van der Waals surface area contributed by atoms with E-state index in [1.165, 1.54) is 0 Å². The molecule has 2 rings (SSSR count). The molecular weight excluding hydrogens is 168 g/mol. The summed E-state index contributed by atoms with van der Waals surface area (Å²) < 4.78 is 5.06. The third-order valence-electron chi connectivity index (χ3n) is 1.97. The fraction of sp³-hybridized carbons (Fsp3) is 0.100. The fourth-order valence-corrected chi connectivity index (χ4v) is 1.29. The van der Waals surface area contributed by atoms with Gasteiger partial charge in [0, 0.05) is 0 Å². The SMILES string of the molecule is O=C(O)c1ccc2c(c1)COC=C2. The molecule has 0 bridgehead atoms. The van der Waals surface area contributed by atoms with E-state index >= 15 is 0 Å². The first-order valence-electron chi connectivity index (χ1n) is 3.92. The number of rotatable bonds is 1. The zero-order chi connectivity index (χ0) is 9.26. The van der Waals surface area contributed by atoms with Crippen LogP contribution in [0.1, 0.15) is 21.5 Å². The summed E-state index contributed by atoms with van der Waals surface area (Å²) in [4.78, 5) is 10.6. The van der Waals surface area contributed by atoms with Crippen molar-refractivity contribution in [2.24, 2.45) is 0 Å². The Kier molecular flexibility index (Phi) is 1.77. The second-order valence-corrected chi connectivity index (χ2v) is 2.83. The molecule has 1 aromatic carbocycles. The van der Waals surface area contributed by atoms with Gasteiger partial charge in [0.15, 0.2) is 0 Å². The van der Waals surface area contributed by atoms with E-state index in [9.17, 15) is 4.79 Å². The van der Waals surface area contributed by atoms with Crippen LogP contribution in [-0.4, -0.2) is 11.1 Å². The first kappa shape index (κ1) is 7.86. The average Bonchev–Trinajstić information content (AvgIpc) is 2.17. The van der Waals surface area contributed by atoms with E-state index in [1.54, 1.807) is 24.5 Å². The molecule has 0 saturated carbocycles.